The van der Waals surface area contributed by atoms with Gasteiger partial charge in [-0.05, 0) is 18.8 Å². The highest BCUT2D eigenvalue weighted by molar-refractivity contribution is 6.32. The van der Waals surface area contributed by atoms with Crippen LogP contribution in [0, 0.1) is 5.92 Å². The number of nitrogens with zero attached hydrogens (tertiary/aromatic N) is 2. The maximum absolute atomic E-state index is 9.77. The molecule has 0 saturated heterocycles. The second kappa shape index (κ2) is 5.92. The molecule has 2 rings (SSSR count). The lowest BCUT2D eigenvalue weighted by Gasteiger charge is -2.40. The maximum atomic E-state index is 9.77. The topological polar surface area (TPSA) is 70.1 Å². The molecule has 1 fully saturated rings. The standard InChI is InChI=1S/C13H21ClN4O/c1-9-4-3-5-13(6-9,8-19)18-11-10(14)7-16-12(15-2)17-11/h7,9,19H,3-6,8H2,1-2H3,(H2,15,16,17,18). The molecule has 1 aliphatic rings. The highest BCUT2D eigenvalue weighted by Gasteiger charge is 2.35. The SMILES string of the molecule is CNc1ncc(Cl)c(NC2(CO)CCCC(C)C2)n1. The largest absolute Gasteiger partial charge is 0.394 e. The second-order valence-electron chi connectivity index (χ2n) is 5.41. The predicted molar refractivity (Wildman–Crippen MR) is 77.7 cm³/mol. The van der Waals surface area contributed by atoms with Gasteiger partial charge in [-0.1, -0.05) is 31.4 Å². The van der Waals surface area contributed by atoms with Crippen LogP contribution < -0.4 is 10.6 Å². The Morgan fingerprint density at radius 1 is 1.58 bits per heavy atom. The Morgan fingerprint density at radius 3 is 3.00 bits per heavy atom. The molecule has 1 aromatic heterocycles. The van der Waals surface area contributed by atoms with Gasteiger partial charge in [0.15, 0.2) is 5.82 Å². The smallest absolute Gasteiger partial charge is 0.224 e. The van der Waals surface area contributed by atoms with E-state index >= 15 is 0 Å². The number of aliphatic hydroxyl groups excluding tert-OH is 1. The molecule has 0 radical (unpaired) electrons. The van der Waals surface area contributed by atoms with E-state index in [4.69, 9.17) is 11.6 Å². The fourth-order valence-corrected chi connectivity index (χ4v) is 2.92. The normalized spacial score (nSPS) is 27.1. The van der Waals surface area contributed by atoms with Gasteiger partial charge in [0, 0.05) is 7.05 Å². The summed E-state index contributed by atoms with van der Waals surface area (Å²) in [5, 5.41) is 16.5. The van der Waals surface area contributed by atoms with Crippen molar-refractivity contribution >= 4 is 23.4 Å². The number of anilines is 2. The highest BCUT2D eigenvalue weighted by Crippen LogP contribution is 2.35. The minimum absolute atomic E-state index is 0.0898. The zero-order valence-corrected chi connectivity index (χ0v) is 12.2. The minimum atomic E-state index is -0.319. The van der Waals surface area contributed by atoms with Crippen LogP contribution in [0.1, 0.15) is 32.6 Å². The number of rotatable bonds is 4. The minimum Gasteiger partial charge on any atom is -0.394 e. The van der Waals surface area contributed by atoms with Crippen molar-refractivity contribution in [3.8, 4) is 0 Å². The Bertz CT molecular complexity index is 443. The van der Waals surface area contributed by atoms with Crippen molar-refractivity contribution in [3.63, 3.8) is 0 Å². The fourth-order valence-electron chi connectivity index (χ4n) is 2.78. The number of aromatic nitrogens is 2. The van der Waals surface area contributed by atoms with Crippen LogP contribution in [0.4, 0.5) is 11.8 Å². The van der Waals surface area contributed by atoms with Gasteiger partial charge in [0.1, 0.15) is 5.02 Å². The Balaban J connectivity index is 2.22. The summed E-state index contributed by atoms with van der Waals surface area (Å²) in [5.41, 5.74) is -0.319. The second-order valence-corrected chi connectivity index (χ2v) is 5.81. The molecule has 19 heavy (non-hydrogen) atoms. The molecule has 1 aromatic rings. The summed E-state index contributed by atoms with van der Waals surface area (Å²) in [6.45, 7) is 2.30. The van der Waals surface area contributed by atoms with Crippen molar-refractivity contribution in [1.82, 2.24) is 9.97 Å². The van der Waals surface area contributed by atoms with Gasteiger partial charge in [-0.3, -0.25) is 0 Å². The average Bonchev–Trinajstić information content (AvgIpc) is 2.41. The lowest BCUT2D eigenvalue weighted by molar-refractivity contribution is 0.149. The van der Waals surface area contributed by atoms with E-state index in [0.29, 0.717) is 22.7 Å². The first-order valence-corrected chi connectivity index (χ1v) is 7.06. The van der Waals surface area contributed by atoms with Gasteiger partial charge < -0.3 is 15.7 Å². The first-order chi connectivity index (χ1) is 9.08. The third-order valence-electron chi connectivity index (χ3n) is 3.75. The van der Waals surface area contributed by atoms with E-state index in [2.05, 4.69) is 27.5 Å². The van der Waals surface area contributed by atoms with E-state index in [1.165, 1.54) is 6.42 Å². The third kappa shape index (κ3) is 3.28. The molecule has 0 bridgehead atoms. The van der Waals surface area contributed by atoms with Crippen molar-refractivity contribution in [3.05, 3.63) is 11.2 Å². The molecule has 2 atom stereocenters. The first-order valence-electron chi connectivity index (χ1n) is 6.68. The predicted octanol–water partition coefficient (Wildman–Crippen LogP) is 2.52. The van der Waals surface area contributed by atoms with E-state index < -0.39 is 0 Å². The molecule has 1 aliphatic carbocycles. The van der Waals surface area contributed by atoms with Crippen LogP contribution in [-0.2, 0) is 0 Å². The lowest BCUT2D eigenvalue weighted by Crippen LogP contribution is -2.46. The van der Waals surface area contributed by atoms with Crippen LogP contribution in [0.2, 0.25) is 5.02 Å². The Kier molecular flexibility index (Phi) is 4.47. The van der Waals surface area contributed by atoms with E-state index in [9.17, 15) is 5.11 Å². The highest BCUT2D eigenvalue weighted by atomic mass is 35.5. The van der Waals surface area contributed by atoms with Crippen molar-refractivity contribution < 1.29 is 5.11 Å². The van der Waals surface area contributed by atoms with Crippen molar-refractivity contribution in [2.24, 2.45) is 5.92 Å². The zero-order valence-electron chi connectivity index (χ0n) is 11.4. The summed E-state index contributed by atoms with van der Waals surface area (Å²) in [6, 6.07) is 0. The van der Waals surface area contributed by atoms with Gasteiger partial charge in [-0.2, -0.15) is 4.98 Å². The van der Waals surface area contributed by atoms with Crippen LogP contribution in [0.3, 0.4) is 0 Å². The van der Waals surface area contributed by atoms with E-state index in [-0.39, 0.29) is 12.1 Å². The number of aliphatic hydroxyl groups is 1. The summed E-state index contributed by atoms with van der Waals surface area (Å²) >= 11 is 6.13. The third-order valence-corrected chi connectivity index (χ3v) is 4.02. The summed E-state index contributed by atoms with van der Waals surface area (Å²) in [7, 11) is 1.76. The Morgan fingerprint density at radius 2 is 2.37 bits per heavy atom. The van der Waals surface area contributed by atoms with Gasteiger partial charge >= 0.3 is 0 Å². The van der Waals surface area contributed by atoms with Crippen LogP contribution in [0.15, 0.2) is 6.20 Å². The van der Waals surface area contributed by atoms with Crippen molar-refractivity contribution in [2.45, 2.75) is 38.1 Å². The van der Waals surface area contributed by atoms with Gasteiger partial charge in [-0.25, -0.2) is 4.98 Å². The molecule has 0 aromatic carbocycles. The van der Waals surface area contributed by atoms with Gasteiger partial charge in [0.2, 0.25) is 5.95 Å². The number of halogens is 1. The summed E-state index contributed by atoms with van der Waals surface area (Å²) < 4.78 is 0. The number of nitrogens with one attached hydrogen (secondary N) is 2. The van der Waals surface area contributed by atoms with Gasteiger partial charge in [0.05, 0.1) is 18.3 Å². The molecule has 106 valence electrons. The van der Waals surface area contributed by atoms with Crippen LogP contribution in [0.25, 0.3) is 0 Å². The number of hydrogen-bond acceptors (Lipinski definition) is 5. The van der Waals surface area contributed by atoms with E-state index in [1.54, 1.807) is 13.2 Å². The Hall–Kier alpha value is -1.07. The van der Waals surface area contributed by atoms with Gasteiger partial charge in [0.25, 0.3) is 0 Å². The first kappa shape index (κ1) is 14.3. The molecule has 0 amide bonds. The molecular weight excluding hydrogens is 264 g/mol. The van der Waals surface area contributed by atoms with E-state index in [1.807, 2.05) is 0 Å². The molecule has 3 N–H and O–H groups in total. The van der Waals surface area contributed by atoms with Crippen molar-refractivity contribution in [1.29, 1.82) is 0 Å². The van der Waals surface area contributed by atoms with Crippen LogP contribution in [-0.4, -0.2) is 34.3 Å². The molecule has 0 spiro atoms. The quantitative estimate of drug-likeness (QED) is 0.793. The molecule has 1 heterocycles. The van der Waals surface area contributed by atoms with Crippen LogP contribution >= 0.6 is 11.6 Å². The van der Waals surface area contributed by atoms with Crippen molar-refractivity contribution in [2.75, 3.05) is 24.3 Å². The molecule has 2 unspecified atom stereocenters. The van der Waals surface area contributed by atoms with Gasteiger partial charge in [-0.15, -0.1) is 0 Å². The maximum Gasteiger partial charge on any atom is 0.224 e. The summed E-state index contributed by atoms with van der Waals surface area (Å²) in [5.74, 6) is 1.70. The van der Waals surface area contributed by atoms with Crippen LogP contribution in [0.5, 0.6) is 0 Å². The lowest BCUT2D eigenvalue weighted by atomic mass is 9.77. The summed E-state index contributed by atoms with van der Waals surface area (Å²) in [6.07, 6.45) is 5.75. The fraction of sp³-hybridized carbons (Fsp3) is 0.692. The molecule has 5 nitrogen and oxygen atoms in total. The number of hydrogen-bond donors (Lipinski definition) is 3. The molecule has 0 aliphatic heterocycles. The average molecular weight is 285 g/mol. The zero-order chi connectivity index (χ0) is 13.9. The van der Waals surface area contributed by atoms with E-state index in [0.717, 1.165) is 19.3 Å². The molecule has 6 heteroatoms. The summed E-state index contributed by atoms with van der Waals surface area (Å²) in [4.78, 5) is 8.38. The monoisotopic (exact) mass is 284 g/mol. The molecular formula is C13H21ClN4O. The molecule has 1 saturated carbocycles. The Labute approximate surface area is 118 Å².